The van der Waals surface area contributed by atoms with Gasteiger partial charge in [-0.05, 0) is 51.3 Å². The maximum absolute atomic E-state index is 9.70. The molecule has 1 fully saturated rings. The van der Waals surface area contributed by atoms with E-state index in [9.17, 15) is 5.11 Å². The van der Waals surface area contributed by atoms with Gasteiger partial charge in [-0.15, -0.1) is 0 Å². The summed E-state index contributed by atoms with van der Waals surface area (Å²) in [7, 11) is 0. The molecule has 0 saturated heterocycles. The Balaban J connectivity index is 1.98. The Morgan fingerprint density at radius 3 is 2.85 bits per heavy atom. The molecule has 1 aliphatic rings. The van der Waals surface area contributed by atoms with E-state index in [2.05, 4.69) is 44.3 Å². The van der Waals surface area contributed by atoms with Crippen LogP contribution in [0.3, 0.4) is 0 Å². The fraction of sp³-hybridized carbons (Fsp3) is 0.647. The minimum absolute atomic E-state index is 0.140. The first-order valence-electron chi connectivity index (χ1n) is 7.68. The Kier molecular flexibility index (Phi) is 5.06. The van der Waals surface area contributed by atoms with Crippen molar-refractivity contribution in [3.63, 3.8) is 0 Å². The van der Waals surface area contributed by atoms with Crippen LogP contribution in [0.4, 0.5) is 0 Å². The van der Waals surface area contributed by atoms with Crippen molar-refractivity contribution in [2.75, 3.05) is 13.2 Å². The fourth-order valence-corrected chi connectivity index (χ4v) is 3.04. The van der Waals surface area contributed by atoms with Crippen LogP contribution in [0.5, 0.6) is 5.75 Å². The number of aryl methyl sites for hydroxylation is 2. The number of rotatable bonds is 6. The van der Waals surface area contributed by atoms with Gasteiger partial charge in [0.15, 0.2) is 0 Å². The number of ether oxygens (including phenoxy) is 1. The van der Waals surface area contributed by atoms with Crippen LogP contribution in [-0.2, 0) is 0 Å². The van der Waals surface area contributed by atoms with E-state index < -0.39 is 0 Å². The van der Waals surface area contributed by atoms with Gasteiger partial charge in [0.25, 0.3) is 0 Å². The molecular formula is C17H27NO2. The molecule has 2 rings (SSSR count). The van der Waals surface area contributed by atoms with Crippen LogP contribution in [0.25, 0.3) is 0 Å². The first-order valence-corrected chi connectivity index (χ1v) is 7.68. The van der Waals surface area contributed by atoms with Crippen molar-refractivity contribution in [2.45, 2.75) is 58.1 Å². The van der Waals surface area contributed by atoms with Crippen LogP contribution in [0.15, 0.2) is 18.2 Å². The minimum atomic E-state index is -0.140. The van der Waals surface area contributed by atoms with Gasteiger partial charge >= 0.3 is 0 Å². The van der Waals surface area contributed by atoms with E-state index in [1.807, 2.05) is 0 Å². The third kappa shape index (κ3) is 3.53. The molecule has 0 amide bonds. The lowest BCUT2D eigenvalue weighted by Gasteiger charge is -2.28. The second-order valence-corrected chi connectivity index (χ2v) is 6.12. The zero-order valence-electron chi connectivity index (χ0n) is 12.9. The van der Waals surface area contributed by atoms with Crippen molar-refractivity contribution in [1.29, 1.82) is 0 Å². The lowest BCUT2D eigenvalue weighted by atomic mass is 9.98. The molecule has 2 unspecified atom stereocenters. The average Bonchev–Trinajstić information content (AvgIpc) is 2.84. The highest BCUT2D eigenvalue weighted by molar-refractivity contribution is 5.35. The maximum atomic E-state index is 9.70. The van der Waals surface area contributed by atoms with Crippen molar-refractivity contribution in [3.8, 4) is 5.75 Å². The predicted molar refractivity (Wildman–Crippen MR) is 82.3 cm³/mol. The summed E-state index contributed by atoms with van der Waals surface area (Å²) >= 11 is 0. The number of aliphatic hydroxyl groups is 1. The standard InChI is InChI=1S/C17H27NO2/c1-4-9-18-17(12-19)8-7-15(11-17)20-16-6-5-13(2)10-14(16)3/h5-6,10,15,18-19H,4,7-9,11-12H2,1-3H3. The zero-order chi connectivity index (χ0) is 14.6. The Bertz CT molecular complexity index is 447. The Morgan fingerprint density at radius 2 is 2.20 bits per heavy atom. The summed E-state index contributed by atoms with van der Waals surface area (Å²) in [6.45, 7) is 7.48. The smallest absolute Gasteiger partial charge is 0.122 e. The van der Waals surface area contributed by atoms with Crippen molar-refractivity contribution in [3.05, 3.63) is 29.3 Å². The zero-order valence-corrected chi connectivity index (χ0v) is 12.9. The average molecular weight is 277 g/mol. The monoisotopic (exact) mass is 277 g/mol. The van der Waals surface area contributed by atoms with Gasteiger partial charge < -0.3 is 15.2 Å². The van der Waals surface area contributed by atoms with Gasteiger partial charge in [0, 0.05) is 12.0 Å². The third-order valence-corrected chi connectivity index (χ3v) is 4.24. The van der Waals surface area contributed by atoms with Crippen molar-refractivity contribution < 1.29 is 9.84 Å². The van der Waals surface area contributed by atoms with Crippen LogP contribution in [-0.4, -0.2) is 29.9 Å². The Labute approximate surface area is 122 Å². The minimum Gasteiger partial charge on any atom is -0.490 e. The molecule has 20 heavy (non-hydrogen) atoms. The molecule has 2 atom stereocenters. The van der Waals surface area contributed by atoms with Gasteiger partial charge in [-0.3, -0.25) is 0 Å². The second-order valence-electron chi connectivity index (χ2n) is 6.12. The summed E-state index contributed by atoms with van der Waals surface area (Å²) in [5.74, 6) is 0.977. The molecule has 0 bridgehead atoms. The molecule has 1 aromatic carbocycles. The molecule has 1 aliphatic carbocycles. The van der Waals surface area contributed by atoms with E-state index in [-0.39, 0.29) is 18.2 Å². The fourth-order valence-electron chi connectivity index (χ4n) is 3.04. The summed E-state index contributed by atoms with van der Waals surface area (Å²) in [6.07, 6.45) is 4.16. The number of hydrogen-bond donors (Lipinski definition) is 2. The van der Waals surface area contributed by atoms with E-state index >= 15 is 0 Å². The largest absolute Gasteiger partial charge is 0.490 e. The topological polar surface area (TPSA) is 41.5 Å². The molecule has 0 aromatic heterocycles. The first kappa shape index (κ1) is 15.3. The third-order valence-electron chi connectivity index (χ3n) is 4.24. The van der Waals surface area contributed by atoms with E-state index in [0.717, 1.165) is 38.0 Å². The molecule has 2 N–H and O–H groups in total. The van der Waals surface area contributed by atoms with Gasteiger partial charge in [-0.2, -0.15) is 0 Å². The number of aliphatic hydroxyl groups excluding tert-OH is 1. The molecule has 3 nitrogen and oxygen atoms in total. The molecule has 0 radical (unpaired) electrons. The van der Waals surface area contributed by atoms with Crippen molar-refractivity contribution in [1.82, 2.24) is 5.32 Å². The van der Waals surface area contributed by atoms with Gasteiger partial charge in [-0.25, -0.2) is 0 Å². The van der Waals surface area contributed by atoms with Crippen molar-refractivity contribution >= 4 is 0 Å². The van der Waals surface area contributed by atoms with Gasteiger partial charge in [0.1, 0.15) is 11.9 Å². The lowest BCUT2D eigenvalue weighted by Crippen LogP contribution is -2.47. The highest BCUT2D eigenvalue weighted by Crippen LogP contribution is 2.33. The predicted octanol–water partition coefficient (Wildman–Crippen LogP) is 2.97. The molecule has 3 heteroatoms. The SMILES string of the molecule is CCCNC1(CO)CCC(Oc2ccc(C)cc2C)C1. The van der Waals surface area contributed by atoms with Crippen LogP contribution in [0.2, 0.25) is 0 Å². The summed E-state index contributed by atoms with van der Waals surface area (Å²) in [6, 6.07) is 6.30. The van der Waals surface area contributed by atoms with Crippen LogP contribution in [0, 0.1) is 13.8 Å². The number of nitrogens with one attached hydrogen (secondary N) is 1. The Hall–Kier alpha value is -1.06. The van der Waals surface area contributed by atoms with Crippen LogP contribution >= 0.6 is 0 Å². The quantitative estimate of drug-likeness (QED) is 0.840. The van der Waals surface area contributed by atoms with E-state index in [0.29, 0.717) is 0 Å². The first-order chi connectivity index (χ1) is 9.58. The number of benzene rings is 1. The normalized spacial score (nSPS) is 25.9. The summed E-state index contributed by atoms with van der Waals surface area (Å²) in [4.78, 5) is 0. The van der Waals surface area contributed by atoms with Gasteiger partial charge in [-0.1, -0.05) is 24.6 Å². The maximum Gasteiger partial charge on any atom is 0.122 e. The highest BCUT2D eigenvalue weighted by atomic mass is 16.5. The molecule has 1 saturated carbocycles. The summed E-state index contributed by atoms with van der Waals surface area (Å²) < 4.78 is 6.15. The highest BCUT2D eigenvalue weighted by Gasteiger charge is 2.39. The van der Waals surface area contributed by atoms with E-state index in [1.165, 1.54) is 11.1 Å². The van der Waals surface area contributed by atoms with Crippen molar-refractivity contribution in [2.24, 2.45) is 0 Å². The van der Waals surface area contributed by atoms with Gasteiger partial charge in [0.05, 0.1) is 6.61 Å². The van der Waals surface area contributed by atoms with Gasteiger partial charge in [0.2, 0.25) is 0 Å². The van der Waals surface area contributed by atoms with E-state index in [1.54, 1.807) is 0 Å². The lowest BCUT2D eigenvalue weighted by molar-refractivity contribution is 0.140. The Morgan fingerprint density at radius 1 is 1.40 bits per heavy atom. The summed E-state index contributed by atoms with van der Waals surface area (Å²) in [5, 5.41) is 13.2. The molecule has 112 valence electrons. The van der Waals surface area contributed by atoms with Crippen LogP contribution < -0.4 is 10.1 Å². The van der Waals surface area contributed by atoms with Crippen LogP contribution in [0.1, 0.15) is 43.7 Å². The van der Waals surface area contributed by atoms with E-state index in [4.69, 9.17) is 4.74 Å². The number of hydrogen-bond acceptors (Lipinski definition) is 3. The molecule has 1 aromatic rings. The molecule has 0 aliphatic heterocycles. The second kappa shape index (κ2) is 6.59. The molecular weight excluding hydrogens is 250 g/mol. The summed E-state index contributed by atoms with van der Waals surface area (Å²) in [5.41, 5.74) is 2.31. The molecule has 0 heterocycles. The molecule has 0 spiro atoms.